The average molecular weight is 328 g/mol. The van der Waals surface area contributed by atoms with E-state index in [1.165, 1.54) is 20.4 Å². The first-order valence-electron chi connectivity index (χ1n) is 6.25. The van der Waals surface area contributed by atoms with Gasteiger partial charge in [0.05, 0.1) is 37.1 Å². The molecule has 0 aliphatic heterocycles. The minimum atomic E-state index is -0.601. The minimum Gasteiger partial charge on any atom is -0.494 e. The Hall–Kier alpha value is -3.92. The number of nitrogens with zero attached hydrogens (tertiary/aromatic N) is 5. The summed E-state index contributed by atoms with van der Waals surface area (Å²) >= 11 is 0. The fourth-order valence-corrected chi connectivity index (χ4v) is 1.47. The largest absolute Gasteiger partial charge is 0.494 e. The Kier molecular flexibility index (Phi) is 6.42. The standard InChI is InChI=1S/C7H5N3O3.C7H7N3O/c1-13-7-2-5(10(11)12)4-9-6(7)3-8;1-11-7-2-5(9)4-10-6(7)3-8/h2,4H,1H3;2,4H,9H2,1H3. The zero-order chi connectivity index (χ0) is 18.1. The van der Waals surface area contributed by atoms with E-state index in [-0.39, 0.29) is 22.8 Å². The predicted octanol–water partition coefficient (Wildman–Crippen LogP) is 1.41. The summed E-state index contributed by atoms with van der Waals surface area (Å²) in [4.78, 5) is 17.0. The number of rotatable bonds is 3. The van der Waals surface area contributed by atoms with Crippen LogP contribution in [0.3, 0.4) is 0 Å². The Morgan fingerprint density at radius 2 is 1.58 bits per heavy atom. The van der Waals surface area contributed by atoms with Gasteiger partial charge in [-0.05, 0) is 0 Å². The van der Waals surface area contributed by atoms with Gasteiger partial charge < -0.3 is 15.2 Å². The van der Waals surface area contributed by atoms with Crippen molar-refractivity contribution in [3.63, 3.8) is 0 Å². The van der Waals surface area contributed by atoms with Crippen LogP contribution < -0.4 is 15.2 Å². The molecule has 0 amide bonds. The predicted molar refractivity (Wildman–Crippen MR) is 82.1 cm³/mol. The molecule has 2 heterocycles. The fraction of sp³-hybridized carbons (Fsp3) is 0.143. The number of nitro groups is 1. The summed E-state index contributed by atoms with van der Waals surface area (Å²) in [6.45, 7) is 0. The molecule has 2 aromatic heterocycles. The van der Waals surface area contributed by atoms with Crippen molar-refractivity contribution in [2.45, 2.75) is 0 Å². The van der Waals surface area contributed by atoms with Gasteiger partial charge in [0.1, 0.15) is 18.3 Å². The highest BCUT2D eigenvalue weighted by molar-refractivity contribution is 5.47. The number of hydrogen-bond donors (Lipinski definition) is 1. The molecule has 2 N–H and O–H groups in total. The van der Waals surface area contributed by atoms with E-state index in [9.17, 15) is 10.1 Å². The van der Waals surface area contributed by atoms with Crippen LogP contribution in [0.25, 0.3) is 0 Å². The van der Waals surface area contributed by atoms with Gasteiger partial charge in [-0.15, -0.1) is 0 Å². The molecule has 10 nitrogen and oxygen atoms in total. The van der Waals surface area contributed by atoms with Crippen LogP contribution in [0, 0.1) is 32.8 Å². The SMILES string of the molecule is COc1cc(N)cnc1C#N.COc1cc([N+](=O)[O-])cnc1C#N. The lowest BCUT2D eigenvalue weighted by molar-refractivity contribution is -0.385. The van der Waals surface area contributed by atoms with Crippen molar-refractivity contribution in [1.29, 1.82) is 10.5 Å². The maximum absolute atomic E-state index is 10.3. The molecule has 2 rings (SSSR count). The molecule has 0 saturated heterocycles. The maximum Gasteiger partial charge on any atom is 0.291 e. The van der Waals surface area contributed by atoms with E-state index in [0.717, 1.165) is 12.3 Å². The van der Waals surface area contributed by atoms with Crippen LogP contribution >= 0.6 is 0 Å². The van der Waals surface area contributed by atoms with Crippen molar-refractivity contribution in [2.75, 3.05) is 20.0 Å². The number of methoxy groups -OCH3 is 2. The molecular weight excluding hydrogens is 316 g/mol. The number of nitrogen functional groups attached to an aromatic ring is 1. The summed E-state index contributed by atoms with van der Waals surface area (Å²) in [6, 6.07) is 6.36. The van der Waals surface area contributed by atoms with Crippen LogP contribution in [0.15, 0.2) is 24.5 Å². The van der Waals surface area contributed by atoms with Gasteiger partial charge in [-0.25, -0.2) is 9.97 Å². The van der Waals surface area contributed by atoms with E-state index in [4.69, 9.17) is 25.7 Å². The molecule has 0 fully saturated rings. The number of pyridine rings is 2. The molecule has 0 unspecified atom stereocenters. The molecule has 24 heavy (non-hydrogen) atoms. The van der Waals surface area contributed by atoms with Crippen molar-refractivity contribution in [1.82, 2.24) is 9.97 Å². The van der Waals surface area contributed by atoms with Gasteiger partial charge in [0, 0.05) is 6.07 Å². The topological polar surface area (TPSA) is 161 Å². The molecule has 0 radical (unpaired) electrons. The monoisotopic (exact) mass is 328 g/mol. The van der Waals surface area contributed by atoms with E-state index in [1.54, 1.807) is 12.1 Å². The highest BCUT2D eigenvalue weighted by Gasteiger charge is 2.11. The smallest absolute Gasteiger partial charge is 0.291 e. The third-order valence-electron chi connectivity index (χ3n) is 2.57. The first kappa shape index (κ1) is 18.1. The molecule has 122 valence electrons. The molecule has 2 aromatic rings. The quantitative estimate of drug-likeness (QED) is 0.648. The second kappa shape index (κ2) is 8.51. The summed E-state index contributed by atoms with van der Waals surface area (Å²) in [5, 5.41) is 27.3. The highest BCUT2D eigenvalue weighted by Crippen LogP contribution is 2.20. The lowest BCUT2D eigenvalue weighted by Crippen LogP contribution is -1.95. The van der Waals surface area contributed by atoms with Crippen LogP contribution in [0.4, 0.5) is 11.4 Å². The Bertz CT molecular complexity index is 825. The van der Waals surface area contributed by atoms with Crippen molar-refractivity contribution >= 4 is 11.4 Å². The molecular formula is C14H12N6O4. The van der Waals surface area contributed by atoms with Gasteiger partial charge >= 0.3 is 0 Å². The Labute approximate surface area is 136 Å². The van der Waals surface area contributed by atoms with E-state index in [1.807, 2.05) is 6.07 Å². The van der Waals surface area contributed by atoms with Gasteiger partial charge in [-0.2, -0.15) is 10.5 Å². The van der Waals surface area contributed by atoms with E-state index in [0.29, 0.717) is 11.4 Å². The van der Waals surface area contributed by atoms with E-state index >= 15 is 0 Å². The molecule has 0 spiro atoms. The summed E-state index contributed by atoms with van der Waals surface area (Å²) < 4.78 is 9.59. The van der Waals surface area contributed by atoms with E-state index < -0.39 is 4.92 Å². The lowest BCUT2D eigenvalue weighted by Gasteiger charge is -2.00. The number of ether oxygens (including phenoxy) is 2. The molecule has 0 saturated carbocycles. The number of nitrogens with two attached hydrogens (primary N) is 1. The van der Waals surface area contributed by atoms with Gasteiger partial charge in [0.25, 0.3) is 5.69 Å². The first-order chi connectivity index (χ1) is 11.5. The third kappa shape index (κ3) is 4.54. The zero-order valence-corrected chi connectivity index (χ0v) is 12.8. The second-order valence-corrected chi connectivity index (χ2v) is 4.04. The van der Waals surface area contributed by atoms with Crippen molar-refractivity contribution in [2.24, 2.45) is 0 Å². The van der Waals surface area contributed by atoms with Crippen LogP contribution in [-0.2, 0) is 0 Å². The highest BCUT2D eigenvalue weighted by atomic mass is 16.6. The lowest BCUT2D eigenvalue weighted by atomic mass is 10.3. The van der Waals surface area contributed by atoms with Gasteiger partial charge in [-0.3, -0.25) is 10.1 Å². The summed E-state index contributed by atoms with van der Waals surface area (Å²) in [5.74, 6) is 0.518. The molecule has 10 heteroatoms. The van der Waals surface area contributed by atoms with Crippen molar-refractivity contribution < 1.29 is 14.4 Å². The first-order valence-corrected chi connectivity index (χ1v) is 6.25. The van der Waals surface area contributed by atoms with Gasteiger partial charge in [-0.1, -0.05) is 0 Å². The normalized spacial score (nSPS) is 8.83. The molecule has 0 bridgehead atoms. The Morgan fingerprint density at radius 1 is 1.08 bits per heavy atom. The summed E-state index contributed by atoms with van der Waals surface area (Å²) in [6.07, 6.45) is 2.43. The number of aromatic nitrogens is 2. The number of nitriles is 2. The zero-order valence-electron chi connectivity index (χ0n) is 12.8. The summed E-state index contributed by atoms with van der Waals surface area (Å²) in [5.41, 5.74) is 5.98. The minimum absolute atomic E-state index is 0.0353. The average Bonchev–Trinajstić information content (AvgIpc) is 2.61. The Balaban J connectivity index is 0.000000243. The molecule has 0 atom stereocenters. The van der Waals surface area contributed by atoms with Gasteiger partial charge in [0.2, 0.25) is 0 Å². The van der Waals surface area contributed by atoms with Crippen LogP contribution in [-0.4, -0.2) is 29.1 Å². The van der Waals surface area contributed by atoms with Crippen molar-refractivity contribution in [3.05, 3.63) is 46.0 Å². The van der Waals surface area contributed by atoms with Gasteiger partial charge in [0.15, 0.2) is 22.9 Å². The number of hydrogen-bond acceptors (Lipinski definition) is 9. The molecule has 0 aliphatic carbocycles. The fourth-order valence-electron chi connectivity index (χ4n) is 1.47. The molecule has 0 aliphatic rings. The summed E-state index contributed by atoms with van der Waals surface area (Å²) in [7, 11) is 2.79. The van der Waals surface area contributed by atoms with E-state index in [2.05, 4.69) is 9.97 Å². The Morgan fingerprint density at radius 3 is 2.04 bits per heavy atom. The third-order valence-corrected chi connectivity index (χ3v) is 2.57. The van der Waals surface area contributed by atoms with Crippen LogP contribution in [0.5, 0.6) is 11.5 Å². The van der Waals surface area contributed by atoms with Crippen molar-refractivity contribution in [3.8, 4) is 23.6 Å². The second-order valence-electron chi connectivity index (χ2n) is 4.04. The van der Waals surface area contributed by atoms with Crippen LogP contribution in [0.2, 0.25) is 0 Å². The number of anilines is 1. The molecule has 0 aromatic carbocycles. The maximum atomic E-state index is 10.3. The van der Waals surface area contributed by atoms with Crippen LogP contribution in [0.1, 0.15) is 11.4 Å².